The lowest BCUT2D eigenvalue weighted by Crippen LogP contribution is -2.63. The monoisotopic (exact) mass is 1380 g/mol. The molecule has 100 heavy (non-hydrogen) atoms. The SMILES string of the molecule is C#CCCC(NC(=O)[C@@H]1[C@@H]2[C@H](CN1C(=O)[C@@H](NC(=O)[C@@H](NC(=O)c1cnccn1)C1CCCCC1)C(C)(C)C)C2(C)C)C(=O)C(=O)NCC=C.C#CCCC(NC(=O)[C@@H]1[C@@H]2[C@H](CN1C(=O)[C@@H](NC(=O)[C@@H](NC(=O)c1cnccn1)C1CCCCC1)C(C)(C)C)C2(C)C)C(O)C(=O)NCC=C. The van der Waals surface area contributed by atoms with E-state index >= 15 is 0 Å². The highest BCUT2D eigenvalue weighted by molar-refractivity contribution is 6.38. The number of likely N-dealkylation sites (tertiary alicyclic amines) is 2. The van der Waals surface area contributed by atoms with Gasteiger partial charge in [-0.3, -0.25) is 62.7 Å². The fraction of sp³-hybridized carbons (Fsp3) is 0.635. The summed E-state index contributed by atoms with van der Waals surface area (Å²) in [5.41, 5.74) is -1.84. The lowest BCUT2D eigenvalue weighted by atomic mass is 9.82. The van der Waals surface area contributed by atoms with Crippen LogP contribution >= 0.6 is 0 Å². The zero-order chi connectivity index (χ0) is 73.6. The van der Waals surface area contributed by atoms with Crippen LogP contribution < -0.4 is 42.5 Å². The van der Waals surface area contributed by atoms with E-state index in [0.717, 1.165) is 64.2 Å². The van der Waals surface area contributed by atoms with Crippen LogP contribution in [-0.2, 0) is 43.2 Å². The normalized spacial score (nSPS) is 23.2. The molecule has 0 spiro atoms. The molecule has 0 bridgehead atoms. The summed E-state index contributed by atoms with van der Waals surface area (Å²) < 4.78 is 0. The number of piperidine rings is 2. The number of aliphatic hydroxyl groups is 1. The molecule has 4 heterocycles. The molecule has 6 aliphatic rings. The van der Waals surface area contributed by atoms with E-state index in [1.54, 1.807) is 0 Å². The average Bonchev–Trinajstić information content (AvgIpc) is 1.53. The van der Waals surface area contributed by atoms with Crippen LogP contribution in [0.3, 0.4) is 0 Å². The molecule has 13 atom stereocenters. The van der Waals surface area contributed by atoms with Gasteiger partial charge in [0.25, 0.3) is 23.6 Å². The van der Waals surface area contributed by atoms with Crippen LogP contribution in [0.2, 0.25) is 0 Å². The Kier molecular flexibility index (Phi) is 26.6. The van der Waals surface area contributed by atoms with Crippen molar-refractivity contribution in [2.45, 2.75) is 214 Å². The molecular formula is C74H104N14O12. The molecule has 2 saturated heterocycles. The first-order chi connectivity index (χ1) is 47.3. The van der Waals surface area contributed by atoms with E-state index in [1.807, 2.05) is 55.4 Å². The minimum atomic E-state index is -1.57. The summed E-state index contributed by atoms with van der Waals surface area (Å²) in [6, 6.07) is -7.91. The number of terminal acetylenes is 2. The first-order valence-electron chi connectivity index (χ1n) is 35.1. The highest BCUT2D eigenvalue weighted by atomic mass is 16.3. The molecule has 4 saturated carbocycles. The fourth-order valence-electron chi connectivity index (χ4n) is 15.2. The quantitative estimate of drug-likeness (QED) is 0.0333. The first kappa shape index (κ1) is 78.4. The number of rotatable bonds is 28. The molecule has 3 unspecified atom stereocenters. The molecule has 2 aromatic rings. The van der Waals surface area contributed by atoms with E-state index in [1.165, 1.54) is 59.1 Å². The maximum absolute atomic E-state index is 14.6. The summed E-state index contributed by atoms with van der Waals surface area (Å²) in [4.78, 5) is 169. The summed E-state index contributed by atoms with van der Waals surface area (Å²) in [6.45, 7) is 27.1. The number of ketones is 1. The molecule has 0 aromatic carbocycles. The van der Waals surface area contributed by atoms with Crippen LogP contribution in [0.1, 0.15) is 180 Å². The van der Waals surface area contributed by atoms with Gasteiger partial charge in [0.1, 0.15) is 47.6 Å². The molecule has 26 nitrogen and oxygen atoms in total. The zero-order valence-corrected chi connectivity index (χ0v) is 59.7. The van der Waals surface area contributed by atoms with Crippen LogP contribution in [0, 0.1) is 81.9 Å². The Hall–Kier alpha value is -8.91. The van der Waals surface area contributed by atoms with Crippen molar-refractivity contribution in [1.82, 2.24) is 72.3 Å². The van der Waals surface area contributed by atoms with Crippen molar-refractivity contribution in [3.05, 3.63) is 73.9 Å². The molecule has 26 heteroatoms. The Morgan fingerprint density at radius 3 is 1.38 bits per heavy atom. The predicted molar refractivity (Wildman–Crippen MR) is 372 cm³/mol. The Morgan fingerprint density at radius 1 is 0.580 bits per heavy atom. The maximum atomic E-state index is 14.6. The minimum absolute atomic E-state index is 0.0236. The van der Waals surface area contributed by atoms with E-state index in [0.29, 0.717) is 6.54 Å². The van der Waals surface area contributed by atoms with Crippen LogP contribution in [0.4, 0.5) is 0 Å². The van der Waals surface area contributed by atoms with E-state index < -0.39 is 130 Å². The second-order valence-corrected chi connectivity index (χ2v) is 30.8. The fourth-order valence-corrected chi connectivity index (χ4v) is 15.2. The third kappa shape index (κ3) is 18.9. The second kappa shape index (κ2) is 34.0. The Bertz CT molecular complexity index is 3420. The van der Waals surface area contributed by atoms with Crippen LogP contribution in [0.5, 0.6) is 0 Å². The lowest BCUT2D eigenvalue weighted by Gasteiger charge is -2.39. The molecule has 8 rings (SSSR count). The average molecular weight is 1380 g/mol. The molecule has 2 aromatic heterocycles. The molecule has 9 N–H and O–H groups in total. The summed E-state index contributed by atoms with van der Waals surface area (Å²) in [6.07, 6.45) is 29.9. The number of nitrogens with one attached hydrogen (secondary N) is 8. The van der Waals surface area contributed by atoms with Crippen molar-refractivity contribution in [3.63, 3.8) is 0 Å². The smallest absolute Gasteiger partial charge is 0.289 e. The van der Waals surface area contributed by atoms with Gasteiger partial charge in [-0.15, -0.1) is 37.8 Å². The largest absolute Gasteiger partial charge is 0.381 e. The highest BCUT2D eigenvalue weighted by Crippen LogP contribution is 2.66. The van der Waals surface area contributed by atoms with Gasteiger partial charge in [0.15, 0.2) is 6.10 Å². The van der Waals surface area contributed by atoms with Gasteiger partial charge in [0, 0.05) is 63.8 Å². The number of hydrogen-bond donors (Lipinski definition) is 9. The molecule has 6 fully saturated rings. The van der Waals surface area contributed by atoms with Crippen LogP contribution in [-0.4, -0.2) is 180 Å². The molecule has 2 aliphatic heterocycles. The molecular weight excluding hydrogens is 1280 g/mol. The molecule has 0 radical (unpaired) electrons. The summed E-state index contributed by atoms with van der Waals surface area (Å²) in [5.74, 6) is -1.93. The van der Waals surface area contributed by atoms with Crippen molar-refractivity contribution < 1.29 is 57.8 Å². The topological polar surface area (TPSA) is 362 Å². The number of aromatic nitrogens is 4. The van der Waals surface area contributed by atoms with Gasteiger partial charge in [0.2, 0.25) is 41.2 Å². The number of amides is 10. The third-order valence-electron chi connectivity index (χ3n) is 21.1. The Balaban J connectivity index is 0.000000281. The van der Waals surface area contributed by atoms with Crippen molar-refractivity contribution in [2.24, 2.45) is 57.2 Å². The van der Waals surface area contributed by atoms with Crippen LogP contribution in [0.25, 0.3) is 0 Å². The molecule has 4 aliphatic carbocycles. The van der Waals surface area contributed by atoms with Crippen molar-refractivity contribution >= 4 is 64.9 Å². The second-order valence-electron chi connectivity index (χ2n) is 30.8. The first-order valence-corrected chi connectivity index (χ1v) is 35.1. The van der Waals surface area contributed by atoms with Gasteiger partial charge < -0.3 is 57.4 Å². The summed E-state index contributed by atoms with van der Waals surface area (Å²) in [5, 5.41) is 33.1. The molecule has 10 amide bonds. The van der Waals surface area contributed by atoms with E-state index in [4.69, 9.17) is 12.8 Å². The Morgan fingerprint density at radius 2 is 0.990 bits per heavy atom. The number of hydrogen-bond acceptors (Lipinski definition) is 16. The Labute approximate surface area is 588 Å². The maximum Gasteiger partial charge on any atom is 0.289 e. The van der Waals surface area contributed by atoms with E-state index in [2.05, 4.69) is 101 Å². The van der Waals surface area contributed by atoms with Gasteiger partial charge in [-0.2, -0.15) is 0 Å². The van der Waals surface area contributed by atoms with E-state index in [9.17, 15) is 57.8 Å². The van der Waals surface area contributed by atoms with Crippen molar-refractivity contribution in [3.8, 4) is 24.7 Å². The predicted octanol–water partition coefficient (Wildman–Crippen LogP) is 3.67. The van der Waals surface area contributed by atoms with E-state index in [-0.39, 0.29) is 103 Å². The van der Waals surface area contributed by atoms with Crippen LogP contribution in [0.15, 0.2) is 62.5 Å². The number of Topliss-reactive ketones (excluding diaryl/α,β-unsaturated/α-hetero) is 1. The third-order valence-corrected chi connectivity index (χ3v) is 21.1. The number of fused-ring (bicyclic) bond motifs is 2. The highest BCUT2D eigenvalue weighted by Gasteiger charge is 2.71. The molecule has 542 valence electrons. The summed E-state index contributed by atoms with van der Waals surface area (Å²) in [7, 11) is 0. The minimum Gasteiger partial charge on any atom is -0.381 e. The number of aliphatic hydroxyl groups excluding tert-OH is 1. The van der Waals surface area contributed by atoms with Gasteiger partial charge in [-0.1, -0.05) is 120 Å². The van der Waals surface area contributed by atoms with Gasteiger partial charge in [-0.05, 0) is 95.7 Å². The van der Waals surface area contributed by atoms with Crippen molar-refractivity contribution in [1.29, 1.82) is 0 Å². The standard InChI is InChI=1S/C37H53N7O6.C37H51N7O6/c2*1-8-10-16-24(29(45)34(49)40-17-9-2)41-33(48)28-26-23(37(26,6)7)21-44(28)35(50)30(36(3,4)5)43-32(47)27(22-14-12-11-13-15-22)42-31(46)25-20-38-18-19-39-25/h1,9,18-20,22-24,26-30,45H,2,10-17,21H2,3-7H3,(H,40,49)(H,41,48)(H,42,46)(H,43,47);1,9,18-20,22-24,26-28,30H,2,10-17,21H2,3-7H3,(H,40,49)(H,41,48)(H,42,46)(H,43,47)/t23-,24?,26-,27-,28-,29?,30+;23-,24?,26-,27-,28-,30+/m00/s1. The number of carbonyl (C=O) groups is 11. The van der Waals surface area contributed by atoms with Gasteiger partial charge in [0.05, 0.1) is 24.5 Å². The summed E-state index contributed by atoms with van der Waals surface area (Å²) >= 11 is 0. The number of carbonyl (C=O) groups excluding carboxylic acids is 11. The number of nitrogens with zero attached hydrogens (tertiary/aromatic N) is 6. The lowest BCUT2D eigenvalue weighted by molar-refractivity contribution is -0.147. The van der Waals surface area contributed by atoms with Gasteiger partial charge >= 0.3 is 0 Å². The zero-order valence-electron chi connectivity index (χ0n) is 59.7. The van der Waals surface area contributed by atoms with Crippen molar-refractivity contribution in [2.75, 3.05) is 26.2 Å². The van der Waals surface area contributed by atoms with Gasteiger partial charge in [-0.25, -0.2) is 9.97 Å².